The molecule has 1 heterocycles. The number of thioether (sulfide) groups is 1. The van der Waals surface area contributed by atoms with Crippen LogP contribution in [-0.4, -0.2) is 34.7 Å². The van der Waals surface area contributed by atoms with Crippen LogP contribution in [0.25, 0.3) is 5.57 Å². The molecular weight excluding hydrogens is 456 g/mol. The number of hydrogen-bond acceptors (Lipinski definition) is 4. The number of carbonyl (C=O) groups excluding carboxylic acids is 2. The molecule has 176 valence electrons. The van der Waals surface area contributed by atoms with Crippen molar-refractivity contribution in [2.75, 3.05) is 11.1 Å². The van der Waals surface area contributed by atoms with E-state index in [9.17, 15) is 9.59 Å². The Kier molecular flexibility index (Phi) is 7.74. The van der Waals surface area contributed by atoms with E-state index >= 15 is 0 Å². The normalized spacial score (nSPS) is 16.5. The zero-order chi connectivity index (χ0) is 24.8. The minimum Gasteiger partial charge on any atom is -0.306 e. The summed E-state index contributed by atoms with van der Waals surface area (Å²) in [5.41, 5.74) is 6.77. The van der Waals surface area contributed by atoms with Gasteiger partial charge in [0.1, 0.15) is 10.8 Å². The molecule has 0 saturated heterocycles. The molecule has 2 N–H and O–H groups in total. The Labute approximate surface area is 209 Å². The summed E-state index contributed by atoms with van der Waals surface area (Å²) in [5, 5.41) is 11.4. The molecule has 0 unspecified atom stereocenters. The molecule has 0 bridgehead atoms. The van der Waals surface area contributed by atoms with E-state index in [-0.39, 0.29) is 17.4 Å². The van der Waals surface area contributed by atoms with Gasteiger partial charge in [-0.3, -0.25) is 10.2 Å². The molecule has 0 radical (unpaired) electrons. The van der Waals surface area contributed by atoms with Gasteiger partial charge in [-0.05, 0) is 77.8 Å². The largest absolute Gasteiger partial charge is 0.346 e. The number of ketones is 1. The van der Waals surface area contributed by atoms with Crippen LogP contribution in [0.1, 0.15) is 47.6 Å². The first kappa shape index (κ1) is 24.4. The molecule has 0 aromatic heterocycles. The molecule has 2 aliphatic rings. The van der Waals surface area contributed by atoms with Crippen molar-refractivity contribution < 1.29 is 9.59 Å². The number of hydrogen-bond donors (Lipinski definition) is 2. The number of Topliss-reactive ketones (excluding diaryl/α,β-unsaturated/α-hetero) is 1. The van der Waals surface area contributed by atoms with Gasteiger partial charge in [-0.15, -0.1) is 6.42 Å². The van der Waals surface area contributed by atoms with E-state index in [1.807, 2.05) is 25.1 Å². The number of amides is 2. The van der Waals surface area contributed by atoms with Gasteiger partial charge in [-0.25, -0.2) is 9.79 Å². The first-order valence-electron chi connectivity index (χ1n) is 11.5. The van der Waals surface area contributed by atoms with E-state index in [1.54, 1.807) is 12.1 Å². The number of aryl methyl sites for hydroxylation is 2. The van der Waals surface area contributed by atoms with Crippen LogP contribution < -0.4 is 5.32 Å². The quantitative estimate of drug-likeness (QED) is 0.343. The Balaban J connectivity index is 1.58. The maximum Gasteiger partial charge on any atom is 0.346 e. The molecule has 2 amide bonds. The Hall–Kier alpha value is -3.76. The highest BCUT2D eigenvalue weighted by atomic mass is 32.2. The van der Waals surface area contributed by atoms with Gasteiger partial charge in [0.25, 0.3) is 0 Å². The second-order valence-electron chi connectivity index (χ2n) is 8.35. The smallest absolute Gasteiger partial charge is 0.306 e. The Bertz CT molecular complexity index is 1330. The number of urea groups is 1. The highest BCUT2D eigenvalue weighted by Crippen LogP contribution is 2.33. The van der Waals surface area contributed by atoms with Crippen LogP contribution in [0.2, 0.25) is 0 Å². The van der Waals surface area contributed by atoms with Crippen LogP contribution in [0.4, 0.5) is 10.5 Å². The predicted octanol–water partition coefficient (Wildman–Crippen LogP) is 5.49. The van der Waals surface area contributed by atoms with Crippen molar-refractivity contribution in [3.63, 3.8) is 0 Å². The van der Waals surface area contributed by atoms with Crippen molar-refractivity contribution in [1.82, 2.24) is 0 Å². The van der Waals surface area contributed by atoms with Gasteiger partial charge in [0.15, 0.2) is 5.84 Å². The van der Waals surface area contributed by atoms with Gasteiger partial charge in [0, 0.05) is 17.7 Å². The summed E-state index contributed by atoms with van der Waals surface area (Å²) >= 11 is 1.29. The number of allylic oxidation sites excluding steroid dienone is 1. The van der Waals surface area contributed by atoms with Crippen LogP contribution >= 0.6 is 11.8 Å². The number of nitrogens with zero attached hydrogens (tertiary/aromatic N) is 2. The second-order valence-corrected chi connectivity index (χ2v) is 9.35. The maximum atomic E-state index is 12.8. The Morgan fingerprint density at radius 1 is 1.29 bits per heavy atom. The summed E-state index contributed by atoms with van der Waals surface area (Å²) in [4.78, 5) is 33.5. The minimum absolute atomic E-state index is 0.0559. The maximum absolute atomic E-state index is 12.8. The van der Waals surface area contributed by atoms with E-state index in [2.05, 4.69) is 33.4 Å². The second kappa shape index (κ2) is 11.1. The van der Waals surface area contributed by atoms with Crippen molar-refractivity contribution in [1.29, 1.82) is 5.41 Å². The predicted molar refractivity (Wildman–Crippen MR) is 145 cm³/mol. The number of fused-ring (bicyclic) bond motifs is 1. The van der Waals surface area contributed by atoms with E-state index < -0.39 is 6.03 Å². The monoisotopic (exact) mass is 482 g/mol. The highest BCUT2D eigenvalue weighted by molar-refractivity contribution is 8.14. The van der Waals surface area contributed by atoms with Crippen molar-refractivity contribution in [3.8, 4) is 12.3 Å². The Morgan fingerprint density at radius 2 is 2.14 bits per heavy atom. The van der Waals surface area contributed by atoms with E-state index in [0.29, 0.717) is 29.1 Å². The van der Waals surface area contributed by atoms with Gasteiger partial charge < -0.3 is 5.32 Å². The SMILES string of the molecule is C#CC=NC(=N)c1ccc(NC(=O)/N=C2/C=C(c3cccc4c3CCC4)CC(=O)CS2)c(CC)c1. The number of benzene rings is 2. The van der Waals surface area contributed by atoms with E-state index in [1.165, 1.54) is 29.1 Å². The first-order valence-corrected chi connectivity index (χ1v) is 12.5. The van der Waals surface area contributed by atoms with Crippen LogP contribution in [0, 0.1) is 17.8 Å². The van der Waals surface area contributed by atoms with Gasteiger partial charge in [0.2, 0.25) is 0 Å². The molecular formula is C28H26N4O2S. The molecule has 35 heavy (non-hydrogen) atoms. The van der Waals surface area contributed by atoms with Crippen molar-refractivity contribution in [3.05, 3.63) is 70.3 Å². The molecule has 4 rings (SSSR count). The van der Waals surface area contributed by atoms with Crippen LogP contribution in [-0.2, 0) is 24.1 Å². The van der Waals surface area contributed by atoms with E-state index in [4.69, 9.17) is 11.8 Å². The van der Waals surface area contributed by atoms with E-state index in [0.717, 1.165) is 36.0 Å². The number of aliphatic imine (C=N–C) groups is 2. The zero-order valence-corrected chi connectivity index (χ0v) is 20.4. The number of anilines is 1. The lowest BCUT2D eigenvalue weighted by molar-refractivity contribution is -0.115. The molecule has 2 aromatic carbocycles. The van der Waals surface area contributed by atoms with Gasteiger partial charge in [-0.2, -0.15) is 4.99 Å². The fourth-order valence-electron chi connectivity index (χ4n) is 4.39. The van der Waals surface area contributed by atoms with Crippen molar-refractivity contribution >= 4 is 51.9 Å². The lowest BCUT2D eigenvalue weighted by Gasteiger charge is -2.11. The Morgan fingerprint density at radius 3 is 2.94 bits per heavy atom. The van der Waals surface area contributed by atoms with Crippen molar-refractivity contribution in [2.24, 2.45) is 9.98 Å². The number of carbonyl (C=O) groups is 2. The molecule has 0 saturated carbocycles. The summed E-state index contributed by atoms with van der Waals surface area (Å²) < 4.78 is 0. The molecule has 0 fully saturated rings. The molecule has 6 nitrogen and oxygen atoms in total. The summed E-state index contributed by atoms with van der Waals surface area (Å²) in [6.07, 6.45) is 12.5. The average Bonchev–Trinajstić information content (AvgIpc) is 3.27. The van der Waals surface area contributed by atoms with Crippen molar-refractivity contribution in [2.45, 2.75) is 39.0 Å². The summed E-state index contributed by atoms with van der Waals surface area (Å²) in [6.45, 7) is 1.97. The third-order valence-electron chi connectivity index (χ3n) is 6.04. The van der Waals surface area contributed by atoms with Crippen LogP contribution in [0.15, 0.2) is 52.5 Å². The zero-order valence-electron chi connectivity index (χ0n) is 19.6. The van der Waals surface area contributed by atoms with Gasteiger partial charge >= 0.3 is 6.03 Å². The molecule has 0 atom stereocenters. The van der Waals surface area contributed by atoms with Gasteiger partial charge in [0.05, 0.1) is 12.0 Å². The highest BCUT2D eigenvalue weighted by Gasteiger charge is 2.21. The molecule has 2 aromatic rings. The topological polar surface area (TPSA) is 94.7 Å². The third kappa shape index (κ3) is 5.84. The van der Waals surface area contributed by atoms with Crippen LogP contribution in [0.5, 0.6) is 0 Å². The molecule has 0 spiro atoms. The number of terminal acetylenes is 1. The standard InChI is InChI=1S/C28H26N4O2S/c1-3-13-30-27(29)20-11-12-25(18(4-2)14-20)31-28(34)32-26-16-21(15-22(33)17-35-26)24-10-6-8-19-7-5-9-23(19)24/h1,6,8,10-14,16,29H,4-5,7,9,15,17H2,2H3,(H,31,34)/b29-27?,30-13?,32-26-. The van der Waals surface area contributed by atoms with Crippen LogP contribution in [0.3, 0.4) is 0 Å². The fourth-order valence-corrected chi connectivity index (χ4v) is 5.18. The molecule has 1 aliphatic carbocycles. The molecule has 1 aliphatic heterocycles. The first-order chi connectivity index (χ1) is 17.0. The minimum atomic E-state index is -0.501. The number of amidine groups is 1. The number of nitrogens with one attached hydrogen (secondary N) is 2. The fraction of sp³-hybridized carbons (Fsp3) is 0.250. The van der Waals surface area contributed by atoms with Gasteiger partial charge in [-0.1, -0.05) is 42.8 Å². The summed E-state index contributed by atoms with van der Waals surface area (Å²) in [6, 6.07) is 11.0. The third-order valence-corrected chi connectivity index (χ3v) is 7.01. The lowest BCUT2D eigenvalue weighted by Crippen LogP contribution is -2.11. The average molecular weight is 483 g/mol. The summed E-state index contributed by atoms with van der Waals surface area (Å²) in [7, 11) is 0. The number of rotatable bonds is 4. The molecule has 7 heteroatoms. The lowest BCUT2D eigenvalue weighted by atomic mass is 9.93. The summed E-state index contributed by atoms with van der Waals surface area (Å²) in [5.74, 6) is 2.74.